The third-order valence-electron chi connectivity index (χ3n) is 2.50. The van der Waals surface area contributed by atoms with Crippen LogP contribution in [0.15, 0.2) is 12.3 Å². The van der Waals surface area contributed by atoms with Crippen molar-refractivity contribution in [2.45, 2.75) is 32.2 Å². The summed E-state index contributed by atoms with van der Waals surface area (Å²) in [7, 11) is 1.64. The Kier molecular flexibility index (Phi) is 4.68. The average molecular weight is 239 g/mol. The summed E-state index contributed by atoms with van der Waals surface area (Å²) in [5.41, 5.74) is 0.354. The van der Waals surface area contributed by atoms with Crippen LogP contribution >= 0.6 is 0 Å². The van der Waals surface area contributed by atoms with E-state index in [1.54, 1.807) is 13.1 Å². The molecule has 1 amide bonds. The fourth-order valence-electron chi connectivity index (χ4n) is 1.49. The molecule has 1 heterocycles. The molecule has 0 spiro atoms. The number of hydrogen-bond donors (Lipinski definition) is 2. The van der Waals surface area contributed by atoms with Gasteiger partial charge in [-0.2, -0.15) is 5.10 Å². The van der Waals surface area contributed by atoms with Gasteiger partial charge in [-0.05, 0) is 12.5 Å². The number of hydrogen-bond acceptors (Lipinski definition) is 3. The Morgan fingerprint density at radius 2 is 2.29 bits per heavy atom. The lowest BCUT2D eigenvalue weighted by Crippen LogP contribution is -2.41. The highest BCUT2D eigenvalue weighted by atomic mass is 16.4. The molecule has 1 unspecified atom stereocenters. The Labute approximate surface area is 99.6 Å². The summed E-state index contributed by atoms with van der Waals surface area (Å²) >= 11 is 0. The quantitative estimate of drug-likeness (QED) is 0.768. The van der Waals surface area contributed by atoms with Crippen LogP contribution in [0.5, 0.6) is 0 Å². The number of carboxylic acid groups (broad SMARTS) is 1. The van der Waals surface area contributed by atoms with Crippen LogP contribution in [0.1, 0.15) is 36.7 Å². The zero-order valence-corrected chi connectivity index (χ0v) is 10.0. The summed E-state index contributed by atoms with van der Waals surface area (Å²) in [5, 5.41) is 15.3. The van der Waals surface area contributed by atoms with Crippen LogP contribution in [0.25, 0.3) is 0 Å². The molecule has 0 aliphatic carbocycles. The molecular weight excluding hydrogens is 222 g/mol. The minimum atomic E-state index is -1.01. The van der Waals surface area contributed by atoms with Crippen LogP contribution in [0.4, 0.5) is 0 Å². The second kappa shape index (κ2) is 6.03. The van der Waals surface area contributed by atoms with Gasteiger partial charge >= 0.3 is 5.97 Å². The van der Waals surface area contributed by atoms with Gasteiger partial charge in [0.1, 0.15) is 11.7 Å². The zero-order chi connectivity index (χ0) is 12.8. The highest BCUT2D eigenvalue weighted by molar-refractivity contribution is 5.95. The topological polar surface area (TPSA) is 84.2 Å². The maximum absolute atomic E-state index is 11.8. The number of nitrogens with one attached hydrogen (secondary N) is 1. The Hall–Kier alpha value is -1.85. The largest absolute Gasteiger partial charge is 0.480 e. The van der Waals surface area contributed by atoms with Crippen LogP contribution in [-0.4, -0.2) is 32.8 Å². The van der Waals surface area contributed by atoms with E-state index in [0.717, 1.165) is 12.8 Å². The fraction of sp³-hybridized carbons (Fsp3) is 0.545. The molecule has 0 saturated carbocycles. The van der Waals surface area contributed by atoms with Gasteiger partial charge in [-0.3, -0.25) is 9.48 Å². The molecule has 1 aromatic rings. The van der Waals surface area contributed by atoms with Gasteiger partial charge in [0.25, 0.3) is 5.91 Å². The monoisotopic (exact) mass is 239 g/mol. The van der Waals surface area contributed by atoms with E-state index in [-0.39, 0.29) is 0 Å². The van der Waals surface area contributed by atoms with Gasteiger partial charge in [-0.1, -0.05) is 19.8 Å². The van der Waals surface area contributed by atoms with Crippen LogP contribution in [0.2, 0.25) is 0 Å². The lowest BCUT2D eigenvalue weighted by molar-refractivity contribution is -0.139. The normalized spacial score (nSPS) is 12.1. The van der Waals surface area contributed by atoms with Crippen molar-refractivity contribution in [3.05, 3.63) is 18.0 Å². The van der Waals surface area contributed by atoms with Crippen LogP contribution in [-0.2, 0) is 11.8 Å². The number of aryl methyl sites for hydroxylation is 1. The van der Waals surface area contributed by atoms with Crippen molar-refractivity contribution in [1.82, 2.24) is 15.1 Å². The lowest BCUT2D eigenvalue weighted by atomic mass is 10.1. The standard InChI is InChI=1S/C11H17N3O3/c1-3-4-5-8(11(16)17)13-10(15)9-6-7-12-14(9)2/h6-8H,3-5H2,1-2H3,(H,13,15)(H,16,17). The first kappa shape index (κ1) is 13.2. The second-order valence-electron chi connectivity index (χ2n) is 3.85. The first-order valence-electron chi connectivity index (χ1n) is 5.58. The molecule has 6 heteroatoms. The van der Waals surface area contributed by atoms with Crippen molar-refractivity contribution < 1.29 is 14.7 Å². The van der Waals surface area contributed by atoms with Crippen molar-refractivity contribution >= 4 is 11.9 Å². The van der Waals surface area contributed by atoms with Crippen molar-refractivity contribution in [2.24, 2.45) is 7.05 Å². The van der Waals surface area contributed by atoms with Gasteiger partial charge in [-0.25, -0.2) is 4.79 Å². The van der Waals surface area contributed by atoms with Crippen LogP contribution < -0.4 is 5.32 Å². The van der Waals surface area contributed by atoms with Gasteiger partial charge in [0.05, 0.1) is 0 Å². The van der Waals surface area contributed by atoms with E-state index in [1.807, 2.05) is 6.92 Å². The molecule has 0 radical (unpaired) electrons. The van der Waals surface area contributed by atoms with E-state index in [4.69, 9.17) is 5.11 Å². The van der Waals surface area contributed by atoms with Gasteiger partial charge in [0, 0.05) is 13.2 Å². The number of aromatic nitrogens is 2. The van der Waals surface area contributed by atoms with E-state index in [2.05, 4.69) is 10.4 Å². The zero-order valence-electron chi connectivity index (χ0n) is 10.0. The van der Waals surface area contributed by atoms with Crippen LogP contribution in [0, 0.1) is 0 Å². The third kappa shape index (κ3) is 3.58. The highest BCUT2D eigenvalue weighted by Crippen LogP contribution is 2.03. The molecule has 1 rings (SSSR count). The summed E-state index contributed by atoms with van der Waals surface area (Å²) in [4.78, 5) is 22.7. The van der Waals surface area contributed by atoms with Crippen molar-refractivity contribution in [3.8, 4) is 0 Å². The maximum atomic E-state index is 11.8. The molecule has 94 valence electrons. The van der Waals surface area contributed by atoms with Gasteiger partial charge < -0.3 is 10.4 Å². The number of carboxylic acids is 1. The van der Waals surface area contributed by atoms with Gasteiger partial charge in [0.2, 0.25) is 0 Å². The highest BCUT2D eigenvalue weighted by Gasteiger charge is 2.21. The van der Waals surface area contributed by atoms with Crippen molar-refractivity contribution in [1.29, 1.82) is 0 Å². The molecule has 0 bridgehead atoms. The molecule has 0 saturated heterocycles. The summed E-state index contributed by atoms with van der Waals surface area (Å²) < 4.78 is 1.41. The molecule has 2 N–H and O–H groups in total. The molecule has 0 aromatic carbocycles. The van der Waals surface area contributed by atoms with E-state index in [1.165, 1.54) is 10.9 Å². The summed E-state index contributed by atoms with van der Waals surface area (Å²) in [6.45, 7) is 1.97. The Balaban J connectivity index is 2.64. The van der Waals surface area contributed by atoms with Crippen molar-refractivity contribution in [3.63, 3.8) is 0 Å². The molecule has 0 aliphatic heterocycles. The Morgan fingerprint density at radius 3 is 2.76 bits per heavy atom. The third-order valence-corrected chi connectivity index (χ3v) is 2.50. The number of carbonyl (C=O) groups is 2. The van der Waals surface area contributed by atoms with Crippen LogP contribution in [0.3, 0.4) is 0 Å². The summed E-state index contributed by atoms with van der Waals surface area (Å²) in [6.07, 6.45) is 3.60. The second-order valence-corrected chi connectivity index (χ2v) is 3.85. The van der Waals surface area contributed by atoms with Gasteiger partial charge in [-0.15, -0.1) is 0 Å². The fourth-order valence-corrected chi connectivity index (χ4v) is 1.49. The van der Waals surface area contributed by atoms with Gasteiger partial charge in [0.15, 0.2) is 0 Å². The first-order valence-corrected chi connectivity index (χ1v) is 5.58. The number of aliphatic carboxylic acids is 1. The number of amides is 1. The number of rotatable bonds is 6. The number of unbranched alkanes of at least 4 members (excludes halogenated alkanes) is 1. The molecule has 17 heavy (non-hydrogen) atoms. The molecule has 1 atom stereocenters. The van der Waals surface area contributed by atoms with E-state index < -0.39 is 17.9 Å². The minimum absolute atomic E-state index is 0.354. The minimum Gasteiger partial charge on any atom is -0.480 e. The molecular formula is C11H17N3O3. The predicted octanol–water partition coefficient (Wildman–Crippen LogP) is 0.793. The van der Waals surface area contributed by atoms with E-state index in [9.17, 15) is 9.59 Å². The van der Waals surface area contributed by atoms with Crippen molar-refractivity contribution in [2.75, 3.05) is 0 Å². The molecule has 0 aliphatic rings. The average Bonchev–Trinajstić information content (AvgIpc) is 2.70. The predicted molar refractivity (Wildman–Crippen MR) is 61.6 cm³/mol. The SMILES string of the molecule is CCCCC(NC(=O)c1ccnn1C)C(=O)O. The molecule has 6 nitrogen and oxygen atoms in total. The lowest BCUT2D eigenvalue weighted by Gasteiger charge is -2.13. The number of nitrogens with zero attached hydrogens (tertiary/aromatic N) is 2. The van der Waals surface area contributed by atoms with E-state index in [0.29, 0.717) is 12.1 Å². The number of carbonyl (C=O) groups excluding carboxylic acids is 1. The first-order chi connectivity index (χ1) is 8.06. The smallest absolute Gasteiger partial charge is 0.326 e. The van der Waals surface area contributed by atoms with E-state index >= 15 is 0 Å². The summed E-state index contributed by atoms with van der Waals surface area (Å²) in [5.74, 6) is -1.41. The Bertz CT molecular complexity index is 400. The Morgan fingerprint density at radius 1 is 1.59 bits per heavy atom. The molecule has 1 aromatic heterocycles. The molecule has 0 fully saturated rings. The maximum Gasteiger partial charge on any atom is 0.326 e. The summed E-state index contributed by atoms with van der Waals surface area (Å²) in [6, 6.07) is 0.714.